The second-order valence-corrected chi connectivity index (χ2v) is 14.7. The first-order chi connectivity index (χ1) is 16.6. The number of aliphatic carboxylic acids is 1. The summed E-state index contributed by atoms with van der Waals surface area (Å²) in [5.74, 6) is 0.550. The summed E-state index contributed by atoms with van der Waals surface area (Å²) >= 11 is 0. The fourth-order valence-electron chi connectivity index (χ4n) is 11.2. The van der Waals surface area contributed by atoms with Gasteiger partial charge in [-0.15, -0.1) is 0 Å². The third-order valence-electron chi connectivity index (χ3n) is 13.6. The molecule has 5 heteroatoms. The van der Waals surface area contributed by atoms with Gasteiger partial charge in [0.2, 0.25) is 0 Å². The fraction of sp³-hybridized carbons (Fsp3) is 0.871. The normalized spacial score (nSPS) is 52.0. The zero-order valence-corrected chi connectivity index (χ0v) is 23.3. The Morgan fingerprint density at radius 3 is 2.17 bits per heavy atom. The quantitative estimate of drug-likeness (QED) is 0.411. The van der Waals surface area contributed by atoms with Crippen LogP contribution < -0.4 is 0 Å². The number of fused-ring (bicyclic) bond motifs is 2. The van der Waals surface area contributed by atoms with Gasteiger partial charge < -0.3 is 15.3 Å². The van der Waals surface area contributed by atoms with E-state index in [4.69, 9.17) is 0 Å². The van der Waals surface area contributed by atoms with Crippen molar-refractivity contribution in [2.75, 3.05) is 0 Å². The molecule has 0 aliphatic heterocycles. The molecular formula is C31H48O5. The first kappa shape index (κ1) is 26.4. The Bertz CT molecular complexity index is 987. The molecule has 0 saturated heterocycles. The zero-order chi connectivity index (χ0) is 26.6. The molecule has 5 nitrogen and oxygen atoms in total. The Hall–Kier alpha value is -1.20. The number of carboxylic acid groups (broad SMARTS) is 1. The molecule has 0 unspecified atom stereocenters. The highest BCUT2D eigenvalue weighted by atomic mass is 16.4. The summed E-state index contributed by atoms with van der Waals surface area (Å²) in [6.45, 7) is 17.1. The predicted molar refractivity (Wildman–Crippen MR) is 139 cm³/mol. The number of aliphatic hydroxyl groups is 2. The number of carbonyl (C=O) groups is 2. The summed E-state index contributed by atoms with van der Waals surface area (Å²) in [4.78, 5) is 25.4. The van der Waals surface area contributed by atoms with E-state index in [0.29, 0.717) is 24.2 Å². The van der Waals surface area contributed by atoms with E-state index >= 15 is 0 Å². The van der Waals surface area contributed by atoms with E-state index in [1.165, 1.54) is 0 Å². The smallest absolute Gasteiger partial charge is 0.312 e. The fourth-order valence-corrected chi connectivity index (χ4v) is 11.2. The molecular weight excluding hydrogens is 452 g/mol. The summed E-state index contributed by atoms with van der Waals surface area (Å²) in [7, 11) is 0. The van der Waals surface area contributed by atoms with Crippen molar-refractivity contribution < 1.29 is 24.9 Å². The molecule has 3 N–H and O–H groups in total. The summed E-state index contributed by atoms with van der Waals surface area (Å²) in [5.41, 5.74) is -0.591. The van der Waals surface area contributed by atoms with Gasteiger partial charge >= 0.3 is 5.97 Å². The molecule has 2 spiro atoms. The molecule has 5 rings (SSSR count). The molecule has 0 aromatic rings. The maximum atomic E-state index is 12.9. The van der Waals surface area contributed by atoms with Crippen LogP contribution in [-0.2, 0) is 9.59 Å². The van der Waals surface area contributed by atoms with Gasteiger partial charge in [0, 0.05) is 18.3 Å². The van der Waals surface area contributed by atoms with E-state index in [2.05, 4.69) is 27.4 Å². The van der Waals surface area contributed by atoms with E-state index in [-0.39, 0.29) is 45.7 Å². The molecule has 5 aliphatic carbocycles. The topological polar surface area (TPSA) is 94.8 Å². The molecule has 5 fully saturated rings. The van der Waals surface area contributed by atoms with Gasteiger partial charge in [0.15, 0.2) is 5.78 Å². The number of aliphatic hydroxyl groups excluding tert-OH is 2. The van der Waals surface area contributed by atoms with E-state index in [1.54, 1.807) is 6.92 Å². The summed E-state index contributed by atoms with van der Waals surface area (Å²) in [5, 5.41) is 32.5. The van der Waals surface area contributed by atoms with Crippen LogP contribution in [0.2, 0.25) is 0 Å². The van der Waals surface area contributed by atoms with Gasteiger partial charge in [-0.05, 0) is 103 Å². The minimum Gasteiger partial charge on any atom is -0.481 e. The van der Waals surface area contributed by atoms with Gasteiger partial charge in [0.1, 0.15) is 0 Å². The average Bonchev–Trinajstić information content (AvgIpc) is 3.41. The number of hydrogen-bond acceptors (Lipinski definition) is 4. The lowest BCUT2D eigenvalue weighted by Crippen LogP contribution is -2.63. The first-order valence-electron chi connectivity index (χ1n) is 14.4. The number of carbonyl (C=O) groups excluding carboxylic acids is 1. The maximum absolute atomic E-state index is 12.9. The predicted octanol–water partition coefficient (Wildman–Crippen LogP) is 5.63. The molecule has 0 aromatic carbocycles. The number of allylic oxidation sites excluding steroid dienone is 1. The van der Waals surface area contributed by atoms with Gasteiger partial charge in [-0.1, -0.05) is 41.2 Å². The second-order valence-electron chi connectivity index (χ2n) is 14.7. The number of Topliss-reactive ketones (excluding diaryl/α,β-unsaturated/α-hetero) is 1. The Morgan fingerprint density at radius 2 is 1.56 bits per heavy atom. The van der Waals surface area contributed by atoms with Crippen molar-refractivity contribution in [3.63, 3.8) is 0 Å². The Labute approximate surface area is 217 Å². The highest BCUT2D eigenvalue weighted by Crippen LogP contribution is 2.89. The lowest BCUT2D eigenvalue weighted by Gasteiger charge is -2.63. The Morgan fingerprint density at radius 1 is 0.917 bits per heavy atom. The van der Waals surface area contributed by atoms with Crippen LogP contribution >= 0.6 is 0 Å². The van der Waals surface area contributed by atoms with Crippen LogP contribution in [0.25, 0.3) is 0 Å². The molecule has 0 bridgehead atoms. The van der Waals surface area contributed by atoms with Crippen LogP contribution in [0.15, 0.2) is 12.2 Å². The van der Waals surface area contributed by atoms with Gasteiger partial charge in [-0.25, -0.2) is 0 Å². The van der Waals surface area contributed by atoms with Gasteiger partial charge in [-0.2, -0.15) is 0 Å². The summed E-state index contributed by atoms with van der Waals surface area (Å²) in [6, 6.07) is 0. The standard InChI is InChI=1S/C31H48O5/c1-17(2)19(4)21(32)14-18(3)20-10-11-28(6)22-8-9-23-29(7,26(35)36)24(33)15-25(34)31(23)16-30(22,31)13-12-27(20,28)5/h17-18,20,22-25,33-34H,4,8-16H2,1-3,5-7H3,(H,35,36)/t18-,20-,22+,23+,24+,25+,27-,28+,29+,30+,31-/m1/s1. The third-order valence-corrected chi connectivity index (χ3v) is 13.6. The van der Waals surface area contributed by atoms with E-state index in [0.717, 1.165) is 50.5 Å². The monoisotopic (exact) mass is 500 g/mol. The van der Waals surface area contributed by atoms with Crippen LogP contribution in [-0.4, -0.2) is 39.3 Å². The van der Waals surface area contributed by atoms with Crippen molar-refractivity contribution >= 4 is 11.8 Å². The van der Waals surface area contributed by atoms with Crippen molar-refractivity contribution in [3.8, 4) is 0 Å². The second kappa shape index (κ2) is 7.91. The average molecular weight is 501 g/mol. The van der Waals surface area contributed by atoms with Crippen LogP contribution in [0.5, 0.6) is 0 Å². The molecule has 0 aromatic heterocycles. The summed E-state index contributed by atoms with van der Waals surface area (Å²) in [6.07, 6.45) is 6.13. The van der Waals surface area contributed by atoms with E-state index in [9.17, 15) is 24.9 Å². The zero-order valence-electron chi connectivity index (χ0n) is 23.3. The minimum absolute atomic E-state index is 0.0136. The molecule has 0 heterocycles. The van der Waals surface area contributed by atoms with Crippen molar-refractivity contribution in [1.82, 2.24) is 0 Å². The van der Waals surface area contributed by atoms with E-state index < -0.39 is 23.6 Å². The lowest BCUT2D eigenvalue weighted by molar-refractivity contribution is -0.210. The minimum atomic E-state index is -1.19. The Balaban J connectivity index is 1.44. The van der Waals surface area contributed by atoms with Crippen LogP contribution in [0.3, 0.4) is 0 Å². The third kappa shape index (κ3) is 2.91. The van der Waals surface area contributed by atoms with Crippen molar-refractivity contribution in [2.45, 2.75) is 112 Å². The number of ketones is 1. The number of hydrogen-bond donors (Lipinski definition) is 3. The summed E-state index contributed by atoms with van der Waals surface area (Å²) < 4.78 is 0. The number of carboxylic acids is 1. The largest absolute Gasteiger partial charge is 0.481 e. The molecule has 11 atom stereocenters. The van der Waals surface area contributed by atoms with Crippen molar-refractivity contribution in [1.29, 1.82) is 0 Å². The molecule has 0 radical (unpaired) electrons. The molecule has 5 aliphatic rings. The molecule has 202 valence electrons. The molecule has 36 heavy (non-hydrogen) atoms. The van der Waals surface area contributed by atoms with Crippen molar-refractivity contribution in [2.24, 2.45) is 56.7 Å². The van der Waals surface area contributed by atoms with Gasteiger partial charge in [-0.3, -0.25) is 9.59 Å². The SMILES string of the molecule is C=C(C(=O)C[C@@H](C)[C@H]1CC[C@@]2(C)[C@@H]3CC[C@H]4[C@](C)(C(=O)O)[C@@H](O)C[C@H](O)[C@@]45C[C@@]35CC[C@]12C)C(C)C. The number of rotatable bonds is 6. The maximum Gasteiger partial charge on any atom is 0.312 e. The lowest BCUT2D eigenvalue weighted by atomic mass is 9.41. The first-order valence-corrected chi connectivity index (χ1v) is 14.4. The highest BCUT2D eigenvalue weighted by molar-refractivity contribution is 5.95. The van der Waals surface area contributed by atoms with Crippen LogP contribution in [0.4, 0.5) is 0 Å². The Kier molecular flexibility index (Phi) is 5.80. The van der Waals surface area contributed by atoms with Gasteiger partial charge in [0.05, 0.1) is 17.6 Å². The van der Waals surface area contributed by atoms with Crippen LogP contribution in [0.1, 0.15) is 99.3 Å². The van der Waals surface area contributed by atoms with Gasteiger partial charge in [0.25, 0.3) is 0 Å². The van der Waals surface area contributed by atoms with E-state index in [1.807, 2.05) is 13.8 Å². The van der Waals surface area contributed by atoms with Crippen molar-refractivity contribution in [3.05, 3.63) is 12.2 Å². The van der Waals surface area contributed by atoms with Crippen LogP contribution in [0, 0.1) is 56.7 Å². The molecule has 0 amide bonds. The molecule has 5 saturated carbocycles. The highest BCUT2D eigenvalue weighted by Gasteiger charge is 2.85.